The van der Waals surface area contributed by atoms with Crippen LogP contribution in [0.1, 0.15) is 52.5 Å². The van der Waals surface area contributed by atoms with Gasteiger partial charge in [0, 0.05) is 34.7 Å². The van der Waals surface area contributed by atoms with Crippen molar-refractivity contribution in [2.24, 2.45) is 5.92 Å². The van der Waals surface area contributed by atoms with E-state index in [-0.39, 0.29) is 5.54 Å². The number of amides is 1. The second-order valence-corrected chi connectivity index (χ2v) is 9.56. The van der Waals surface area contributed by atoms with Crippen molar-refractivity contribution < 1.29 is 10.0 Å². The van der Waals surface area contributed by atoms with E-state index in [1.807, 2.05) is 12.2 Å². The minimum absolute atomic E-state index is 0.160. The zero-order chi connectivity index (χ0) is 24.0. The number of carbonyl (C=O) groups is 1. The van der Waals surface area contributed by atoms with E-state index < -0.39 is 5.91 Å². The van der Waals surface area contributed by atoms with Gasteiger partial charge in [0.2, 0.25) is 0 Å². The topological polar surface area (TPSA) is 64.6 Å². The molecule has 0 fully saturated rings. The smallest absolute Gasteiger partial charge is 0.274 e. The largest absolute Gasteiger partial charge is 0.385 e. The zero-order valence-corrected chi connectivity index (χ0v) is 20.3. The number of para-hydroxylation sites is 1. The van der Waals surface area contributed by atoms with E-state index in [1.165, 1.54) is 22.5 Å². The van der Waals surface area contributed by atoms with Crippen molar-refractivity contribution in [2.75, 3.05) is 11.4 Å². The standard InChI is InChI=1S/C28H37N3O2/c1-6-10-21-13-14-22-11-8-9-12-26(22)31(25(21)7-2)28(4,5)19-20(3)17-24-18-23(15-16-29-24)27(32)30-33/h6-12,15,18,20,29,33H,2,13-14,16-17,19H2,1,3-5H3,(H,30,32)/b10-6-. The molecule has 0 radical (unpaired) electrons. The van der Waals surface area contributed by atoms with E-state index in [0.717, 1.165) is 31.4 Å². The molecular weight excluding hydrogens is 410 g/mol. The van der Waals surface area contributed by atoms with E-state index in [2.05, 4.69) is 80.9 Å². The number of nitrogens with one attached hydrogen (secondary N) is 2. The Bertz CT molecular complexity index is 1010. The van der Waals surface area contributed by atoms with E-state index in [0.29, 0.717) is 18.0 Å². The lowest BCUT2D eigenvalue weighted by molar-refractivity contribution is -0.124. The lowest BCUT2D eigenvalue weighted by Crippen LogP contribution is -2.45. The number of aryl methyl sites for hydroxylation is 1. The molecule has 1 aromatic rings. The van der Waals surface area contributed by atoms with Gasteiger partial charge in [0.25, 0.3) is 5.91 Å². The molecule has 2 aliphatic heterocycles. The Labute approximate surface area is 198 Å². The molecule has 0 aromatic heterocycles. The quantitative estimate of drug-likeness (QED) is 0.360. The number of nitrogens with zero attached hydrogens (tertiary/aromatic N) is 1. The van der Waals surface area contributed by atoms with Gasteiger partial charge in [0.1, 0.15) is 0 Å². The van der Waals surface area contributed by atoms with Gasteiger partial charge in [-0.05, 0) is 81.7 Å². The molecule has 2 heterocycles. The number of hydrogen-bond donors (Lipinski definition) is 3. The number of fused-ring (bicyclic) bond motifs is 1. The van der Waals surface area contributed by atoms with Crippen LogP contribution in [-0.2, 0) is 11.2 Å². The minimum Gasteiger partial charge on any atom is -0.385 e. The maximum absolute atomic E-state index is 11.8. The van der Waals surface area contributed by atoms with Crippen LogP contribution in [0.15, 0.2) is 83.8 Å². The molecule has 1 unspecified atom stereocenters. The normalized spacial score (nSPS) is 17.5. The van der Waals surface area contributed by atoms with Crippen LogP contribution in [0.4, 0.5) is 5.69 Å². The molecule has 3 N–H and O–H groups in total. The molecule has 0 bridgehead atoms. The second kappa shape index (κ2) is 10.7. The Morgan fingerprint density at radius 1 is 1.33 bits per heavy atom. The van der Waals surface area contributed by atoms with E-state index in [1.54, 1.807) is 11.6 Å². The number of allylic oxidation sites excluding steroid dienone is 5. The predicted octanol–water partition coefficient (Wildman–Crippen LogP) is 5.57. The van der Waals surface area contributed by atoms with Crippen LogP contribution >= 0.6 is 0 Å². The van der Waals surface area contributed by atoms with Gasteiger partial charge in [-0.2, -0.15) is 0 Å². The van der Waals surface area contributed by atoms with Crippen molar-refractivity contribution in [3.63, 3.8) is 0 Å². The van der Waals surface area contributed by atoms with Gasteiger partial charge >= 0.3 is 0 Å². The molecule has 2 aliphatic rings. The first-order valence-corrected chi connectivity index (χ1v) is 11.8. The maximum Gasteiger partial charge on any atom is 0.274 e. The molecule has 33 heavy (non-hydrogen) atoms. The average Bonchev–Trinajstić information content (AvgIpc) is 2.95. The molecule has 176 valence electrons. The van der Waals surface area contributed by atoms with Gasteiger partial charge in [-0.25, -0.2) is 5.48 Å². The summed E-state index contributed by atoms with van der Waals surface area (Å²) < 4.78 is 0. The van der Waals surface area contributed by atoms with Gasteiger partial charge in [-0.3, -0.25) is 10.0 Å². The van der Waals surface area contributed by atoms with Gasteiger partial charge in [0.05, 0.1) is 0 Å². The molecule has 1 aromatic carbocycles. The molecule has 0 spiro atoms. The maximum atomic E-state index is 11.8. The minimum atomic E-state index is -0.472. The Morgan fingerprint density at radius 3 is 2.79 bits per heavy atom. The van der Waals surface area contributed by atoms with E-state index >= 15 is 0 Å². The molecule has 5 heteroatoms. The van der Waals surface area contributed by atoms with Crippen molar-refractivity contribution in [1.82, 2.24) is 10.8 Å². The number of rotatable bonds is 8. The number of dihydropyridines is 1. The molecule has 1 amide bonds. The van der Waals surface area contributed by atoms with E-state index in [9.17, 15) is 4.79 Å². The molecule has 0 saturated heterocycles. The van der Waals surface area contributed by atoms with Crippen LogP contribution < -0.4 is 15.7 Å². The highest BCUT2D eigenvalue weighted by atomic mass is 16.5. The summed E-state index contributed by atoms with van der Waals surface area (Å²) in [5.74, 6) is -0.109. The summed E-state index contributed by atoms with van der Waals surface area (Å²) in [6.07, 6.45) is 13.7. The molecule has 5 nitrogen and oxygen atoms in total. The van der Waals surface area contributed by atoms with Crippen LogP contribution in [0.3, 0.4) is 0 Å². The number of anilines is 1. The third-order valence-corrected chi connectivity index (χ3v) is 6.39. The SMILES string of the molecule is C=CC1=C(/C=C\C)CCc2ccccc2N1C(C)(C)CC(C)CC1=CC(C(=O)NO)=CCN1. The first kappa shape index (κ1) is 24.6. The summed E-state index contributed by atoms with van der Waals surface area (Å²) >= 11 is 0. The Balaban J connectivity index is 1.89. The molecule has 3 rings (SSSR count). The monoisotopic (exact) mass is 447 g/mol. The van der Waals surface area contributed by atoms with Crippen LogP contribution in [-0.4, -0.2) is 23.2 Å². The van der Waals surface area contributed by atoms with Crippen molar-refractivity contribution in [2.45, 2.75) is 58.9 Å². The summed E-state index contributed by atoms with van der Waals surface area (Å²) in [5, 5.41) is 12.3. The number of hydroxylamine groups is 1. The van der Waals surface area contributed by atoms with Crippen molar-refractivity contribution in [3.8, 4) is 0 Å². The first-order valence-electron chi connectivity index (χ1n) is 11.8. The highest BCUT2D eigenvalue weighted by Crippen LogP contribution is 2.40. The first-order chi connectivity index (χ1) is 15.8. The zero-order valence-electron chi connectivity index (χ0n) is 20.3. The van der Waals surface area contributed by atoms with Gasteiger partial charge < -0.3 is 10.2 Å². The Morgan fingerprint density at radius 2 is 2.09 bits per heavy atom. The van der Waals surface area contributed by atoms with E-state index in [4.69, 9.17) is 5.21 Å². The molecular formula is C28H37N3O2. The van der Waals surface area contributed by atoms with Crippen LogP contribution in [0.5, 0.6) is 0 Å². The lowest BCUT2D eigenvalue weighted by Gasteiger charge is -2.43. The van der Waals surface area contributed by atoms with Gasteiger partial charge in [-0.1, -0.05) is 49.9 Å². The fourth-order valence-corrected chi connectivity index (χ4v) is 5.19. The van der Waals surface area contributed by atoms with Crippen LogP contribution in [0.2, 0.25) is 0 Å². The molecule has 0 saturated carbocycles. The highest BCUT2D eigenvalue weighted by Gasteiger charge is 2.34. The Hall–Kier alpha value is -3.05. The number of benzene rings is 1. The second-order valence-electron chi connectivity index (χ2n) is 9.56. The Kier molecular flexibility index (Phi) is 7.98. The highest BCUT2D eigenvalue weighted by molar-refractivity contribution is 5.95. The third kappa shape index (κ3) is 5.66. The third-order valence-electron chi connectivity index (χ3n) is 6.39. The van der Waals surface area contributed by atoms with Crippen LogP contribution in [0.25, 0.3) is 0 Å². The summed E-state index contributed by atoms with van der Waals surface area (Å²) in [4.78, 5) is 14.3. The van der Waals surface area contributed by atoms with Crippen molar-refractivity contribution in [1.29, 1.82) is 0 Å². The van der Waals surface area contributed by atoms with Crippen LogP contribution in [0, 0.1) is 5.92 Å². The summed E-state index contributed by atoms with van der Waals surface area (Å²) in [6, 6.07) is 8.69. The summed E-state index contributed by atoms with van der Waals surface area (Å²) in [6.45, 7) is 13.7. The fourth-order valence-electron chi connectivity index (χ4n) is 5.19. The fraction of sp³-hybridized carbons (Fsp3) is 0.393. The van der Waals surface area contributed by atoms with Crippen molar-refractivity contribution in [3.05, 3.63) is 89.3 Å². The average molecular weight is 448 g/mol. The summed E-state index contributed by atoms with van der Waals surface area (Å²) in [7, 11) is 0. The molecule has 0 aliphatic carbocycles. The lowest BCUT2D eigenvalue weighted by atomic mass is 9.85. The number of carbonyl (C=O) groups excluding carboxylic acids is 1. The number of hydrogen-bond acceptors (Lipinski definition) is 4. The summed E-state index contributed by atoms with van der Waals surface area (Å²) in [5.41, 5.74) is 8.18. The van der Waals surface area contributed by atoms with Gasteiger partial charge in [-0.15, -0.1) is 0 Å². The van der Waals surface area contributed by atoms with Gasteiger partial charge in [0.15, 0.2) is 0 Å². The molecule has 1 atom stereocenters. The van der Waals surface area contributed by atoms with Crippen molar-refractivity contribution >= 4 is 11.6 Å². The predicted molar refractivity (Wildman–Crippen MR) is 136 cm³/mol.